The normalized spacial score (nSPS) is 33.7. The fourth-order valence-electron chi connectivity index (χ4n) is 8.77. The Balaban J connectivity index is 1.18. The van der Waals surface area contributed by atoms with Gasteiger partial charge in [-0.1, -0.05) is 25.1 Å². The number of rotatable bonds is 6. The maximum absolute atomic E-state index is 13.6. The maximum Gasteiger partial charge on any atom is 0.416 e. The fraction of sp³-hybridized carbons (Fsp3) is 0.594. The van der Waals surface area contributed by atoms with E-state index in [-0.39, 0.29) is 36.1 Å². The number of benzene rings is 2. The van der Waals surface area contributed by atoms with Gasteiger partial charge in [-0.25, -0.2) is 0 Å². The Morgan fingerprint density at radius 3 is 2.59 bits per heavy atom. The number of piperidine rings is 1. The van der Waals surface area contributed by atoms with E-state index in [1.54, 1.807) is 18.0 Å². The minimum absolute atomic E-state index is 0.0463. The minimum atomic E-state index is -4.40. The zero-order valence-electron chi connectivity index (χ0n) is 23.5. The number of aryl methyl sites for hydroxylation is 1. The molecule has 41 heavy (non-hydrogen) atoms. The van der Waals surface area contributed by atoms with Crippen LogP contribution in [0, 0.1) is 11.8 Å². The molecule has 2 aromatic carbocycles. The zero-order chi connectivity index (χ0) is 28.9. The highest BCUT2D eigenvalue weighted by molar-refractivity contribution is 5.77. The van der Waals surface area contributed by atoms with Gasteiger partial charge in [0.15, 0.2) is 11.5 Å². The summed E-state index contributed by atoms with van der Waals surface area (Å²) < 4.78 is 45.5. The highest BCUT2D eigenvalue weighted by Gasteiger charge is 2.74. The van der Waals surface area contributed by atoms with Crippen molar-refractivity contribution in [2.45, 2.75) is 87.2 Å². The first-order valence-corrected chi connectivity index (χ1v) is 14.8. The Labute approximate surface area is 238 Å². The van der Waals surface area contributed by atoms with Gasteiger partial charge in [0.1, 0.15) is 6.10 Å². The standard InChI is InChI=1S/C32H37F3N2O4/c1-18-16-31(40)24-15-21-8-11-23(38)28-26(21)30(31,13-14-37(24)17-20-3-4-20)29(41-28)27(18)36(2)25(39)12-7-19-5-9-22(10-6-19)32(33,34)35/h5-6,8-11,18,20,24,27,29,38,40H,3-4,7,12-17H2,1-2H3/t18?,24-,27?,29?,30+,31-/m1/s1. The molecule has 220 valence electrons. The van der Waals surface area contributed by atoms with E-state index in [0.717, 1.165) is 36.3 Å². The van der Waals surface area contributed by atoms with E-state index in [4.69, 9.17) is 4.74 Å². The van der Waals surface area contributed by atoms with Crippen LogP contribution in [0.1, 0.15) is 61.3 Å². The Hall–Kier alpha value is -2.78. The van der Waals surface area contributed by atoms with Crippen molar-refractivity contribution in [1.29, 1.82) is 0 Å². The Kier molecular flexibility index (Phi) is 6.02. The number of carbonyl (C=O) groups excluding carboxylic acids is 1. The van der Waals surface area contributed by atoms with Gasteiger partial charge in [0, 0.05) is 31.6 Å². The van der Waals surface area contributed by atoms with E-state index in [1.165, 1.54) is 25.0 Å². The SMILES string of the molecule is CC1C[C@@]2(O)[C@H]3Cc4ccc(O)c5c4[C@@]2(CCN3CC2CC2)C(O5)C1N(C)C(=O)CCc1ccc(C(F)(F)F)cc1. The molecule has 2 aromatic rings. The molecule has 1 saturated heterocycles. The molecule has 1 amide bonds. The van der Waals surface area contributed by atoms with Crippen molar-refractivity contribution in [2.24, 2.45) is 11.8 Å². The monoisotopic (exact) mass is 570 g/mol. The van der Waals surface area contributed by atoms with E-state index in [2.05, 4.69) is 11.8 Å². The van der Waals surface area contributed by atoms with Gasteiger partial charge in [-0.05, 0) is 86.2 Å². The van der Waals surface area contributed by atoms with Crippen molar-refractivity contribution in [3.8, 4) is 11.5 Å². The van der Waals surface area contributed by atoms with E-state index in [0.29, 0.717) is 42.9 Å². The molecule has 2 heterocycles. The number of phenolic OH excluding ortho intramolecular Hbond substituents is 1. The van der Waals surface area contributed by atoms with Crippen LogP contribution in [0.3, 0.4) is 0 Å². The van der Waals surface area contributed by atoms with Crippen LogP contribution in [0.2, 0.25) is 0 Å². The Morgan fingerprint density at radius 2 is 1.90 bits per heavy atom. The molecule has 1 spiro atoms. The van der Waals surface area contributed by atoms with Crippen molar-refractivity contribution in [1.82, 2.24) is 9.80 Å². The number of nitrogens with zero attached hydrogens (tertiary/aromatic N) is 2. The van der Waals surface area contributed by atoms with Gasteiger partial charge in [0.25, 0.3) is 0 Å². The Morgan fingerprint density at radius 1 is 1.17 bits per heavy atom. The van der Waals surface area contributed by atoms with Crippen LogP contribution >= 0.6 is 0 Å². The van der Waals surface area contributed by atoms with Crippen molar-refractivity contribution in [3.05, 3.63) is 58.7 Å². The number of likely N-dealkylation sites (tertiary alicyclic amines) is 1. The van der Waals surface area contributed by atoms with Gasteiger partial charge in [-0.15, -0.1) is 0 Å². The number of aromatic hydroxyl groups is 1. The van der Waals surface area contributed by atoms with E-state index in [1.807, 2.05) is 6.07 Å². The zero-order valence-corrected chi connectivity index (χ0v) is 23.5. The topological polar surface area (TPSA) is 73.2 Å². The molecule has 3 aliphatic carbocycles. The molecular weight excluding hydrogens is 533 g/mol. The molecule has 3 unspecified atom stereocenters. The first-order valence-electron chi connectivity index (χ1n) is 14.8. The third kappa shape index (κ3) is 3.94. The van der Waals surface area contributed by atoms with Crippen LogP contribution in [-0.2, 0) is 29.2 Å². The molecule has 5 aliphatic rings. The number of carbonyl (C=O) groups is 1. The highest BCUT2D eigenvalue weighted by Crippen LogP contribution is 2.66. The van der Waals surface area contributed by atoms with Gasteiger partial charge >= 0.3 is 6.18 Å². The molecule has 0 aromatic heterocycles. The lowest BCUT2D eigenvalue weighted by atomic mass is 9.46. The average molecular weight is 571 g/mol. The first-order chi connectivity index (χ1) is 19.4. The molecule has 6 nitrogen and oxygen atoms in total. The number of hydrogen-bond acceptors (Lipinski definition) is 5. The molecule has 7 rings (SSSR count). The summed E-state index contributed by atoms with van der Waals surface area (Å²) in [6.07, 6.45) is -0.0238. The second kappa shape index (κ2) is 9.11. The maximum atomic E-state index is 13.6. The van der Waals surface area contributed by atoms with Crippen molar-refractivity contribution >= 4 is 5.91 Å². The van der Waals surface area contributed by atoms with Gasteiger partial charge in [-0.2, -0.15) is 13.2 Å². The number of hydrogen-bond donors (Lipinski definition) is 2. The van der Waals surface area contributed by atoms with Crippen LogP contribution in [0.5, 0.6) is 11.5 Å². The second-order valence-electron chi connectivity index (χ2n) is 13.2. The largest absolute Gasteiger partial charge is 0.504 e. The van der Waals surface area contributed by atoms with Gasteiger partial charge in [0.2, 0.25) is 5.91 Å². The molecule has 3 fully saturated rings. The average Bonchev–Trinajstić information content (AvgIpc) is 3.67. The molecule has 2 N–H and O–H groups in total. The van der Waals surface area contributed by atoms with Crippen LogP contribution in [-0.4, -0.2) is 69.8 Å². The quantitative estimate of drug-likeness (QED) is 0.528. The summed E-state index contributed by atoms with van der Waals surface area (Å²) in [4.78, 5) is 17.8. The lowest BCUT2D eigenvalue weighted by Gasteiger charge is -2.66. The summed E-state index contributed by atoms with van der Waals surface area (Å²) in [6, 6.07) is 8.24. The molecule has 9 heteroatoms. The Bertz CT molecular complexity index is 1380. The summed E-state index contributed by atoms with van der Waals surface area (Å²) >= 11 is 0. The lowest BCUT2D eigenvalue weighted by Crippen LogP contribution is -2.79. The van der Waals surface area contributed by atoms with Crippen molar-refractivity contribution in [2.75, 3.05) is 20.1 Å². The molecule has 2 saturated carbocycles. The summed E-state index contributed by atoms with van der Waals surface area (Å²) in [6.45, 7) is 3.90. The predicted octanol–water partition coefficient (Wildman–Crippen LogP) is 4.68. The summed E-state index contributed by atoms with van der Waals surface area (Å²) in [5.74, 6) is 1.02. The molecule has 2 bridgehead atoms. The van der Waals surface area contributed by atoms with Crippen LogP contribution in [0.15, 0.2) is 36.4 Å². The van der Waals surface area contributed by atoms with Gasteiger partial charge in [0.05, 0.1) is 22.6 Å². The highest BCUT2D eigenvalue weighted by atomic mass is 19.4. The smallest absolute Gasteiger partial charge is 0.416 e. The number of halogens is 3. The number of phenols is 1. The number of likely N-dealkylation sites (N-methyl/N-ethyl adjacent to an activating group) is 1. The summed E-state index contributed by atoms with van der Waals surface area (Å²) in [5.41, 5.74) is 0.230. The van der Waals surface area contributed by atoms with Gasteiger partial charge < -0.3 is 19.8 Å². The fourth-order valence-corrected chi connectivity index (χ4v) is 8.77. The summed E-state index contributed by atoms with van der Waals surface area (Å²) in [5, 5.41) is 23.6. The number of alkyl halides is 3. The lowest BCUT2D eigenvalue weighted by molar-refractivity contribution is -0.212. The van der Waals surface area contributed by atoms with Crippen molar-refractivity contribution in [3.63, 3.8) is 0 Å². The van der Waals surface area contributed by atoms with Crippen LogP contribution < -0.4 is 4.74 Å². The summed E-state index contributed by atoms with van der Waals surface area (Å²) in [7, 11) is 1.77. The van der Waals surface area contributed by atoms with Crippen LogP contribution in [0.4, 0.5) is 13.2 Å². The third-order valence-corrected chi connectivity index (χ3v) is 10.8. The van der Waals surface area contributed by atoms with Crippen molar-refractivity contribution < 1.29 is 32.9 Å². The predicted molar refractivity (Wildman–Crippen MR) is 146 cm³/mol. The molecule has 6 atom stereocenters. The molecular formula is C32H37F3N2O4. The van der Waals surface area contributed by atoms with E-state index >= 15 is 0 Å². The third-order valence-electron chi connectivity index (χ3n) is 10.8. The first kappa shape index (κ1) is 27.1. The van der Waals surface area contributed by atoms with Gasteiger partial charge in [-0.3, -0.25) is 9.69 Å². The van der Waals surface area contributed by atoms with Crippen LogP contribution in [0.25, 0.3) is 0 Å². The number of amides is 1. The number of aliphatic hydroxyl groups is 1. The number of ether oxygens (including phenoxy) is 1. The molecule has 2 aliphatic heterocycles. The second-order valence-corrected chi connectivity index (χ2v) is 13.2. The van der Waals surface area contributed by atoms with E-state index in [9.17, 15) is 28.2 Å². The van der Waals surface area contributed by atoms with E-state index < -0.39 is 28.9 Å². The molecule has 0 radical (unpaired) electrons. The minimum Gasteiger partial charge on any atom is -0.504 e.